The Balaban J connectivity index is 2.15. The van der Waals surface area contributed by atoms with Crippen molar-refractivity contribution in [3.05, 3.63) is 58.1 Å². The number of nitrogens with one attached hydrogen (secondary N) is 1. The number of hydrogen-bond donors (Lipinski definition) is 1. The second-order valence-corrected chi connectivity index (χ2v) is 5.16. The lowest BCUT2D eigenvalue weighted by Gasteiger charge is -2.14. The van der Waals surface area contributed by atoms with Crippen LogP contribution in [0.15, 0.2) is 42.5 Å². The molecule has 0 bridgehead atoms. The molecule has 0 heterocycles. The fourth-order valence-electron chi connectivity index (χ4n) is 2.17. The van der Waals surface area contributed by atoms with Crippen molar-refractivity contribution in [2.45, 2.75) is 12.8 Å². The SMILES string of the molecule is COc1cc(NC(=O)[C@@H](C)c2ccc([N+](=O)[O-])cc2)cc(OC)c1. The maximum Gasteiger partial charge on any atom is 0.269 e. The van der Waals surface area contributed by atoms with E-state index in [2.05, 4.69) is 5.32 Å². The van der Waals surface area contributed by atoms with E-state index in [0.29, 0.717) is 22.7 Å². The van der Waals surface area contributed by atoms with Crippen LogP contribution in [0.4, 0.5) is 11.4 Å². The summed E-state index contributed by atoms with van der Waals surface area (Å²) < 4.78 is 10.3. The Labute approximate surface area is 139 Å². The van der Waals surface area contributed by atoms with Crippen LogP contribution in [0.1, 0.15) is 18.4 Å². The van der Waals surface area contributed by atoms with Crippen molar-refractivity contribution in [3.8, 4) is 11.5 Å². The van der Waals surface area contributed by atoms with E-state index in [-0.39, 0.29) is 11.6 Å². The maximum atomic E-state index is 12.4. The van der Waals surface area contributed by atoms with Crippen molar-refractivity contribution in [1.82, 2.24) is 0 Å². The number of nitrogens with zero attached hydrogens (tertiary/aromatic N) is 1. The average molecular weight is 330 g/mol. The third-order valence-corrected chi connectivity index (χ3v) is 3.62. The summed E-state index contributed by atoms with van der Waals surface area (Å²) in [5.74, 6) is 0.419. The summed E-state index contributed by atoms with van der Waals surface area (Å²) in [7, 11) is 3.06. The van der Waals surface area contributed by atoms with Gasteiger partial charge in [0.15, 0.2) is 0 Å². The van der Waals surface area contributed by atoms with Crippen LogP contribution < -0.4 is 14.8 Å². The molecule has 0 radical (unpaired) electrons. The van der Waals surface area contributed by atoms with Gasteiger partial charge in [-0.25, -0.2) is 0 Å². The van der Waals surface area contributed by atoms with Gasteiger partial charge in [-0.3, -0.25) is 14.9 Å². The predicted octanol–water partition coefficient (Wildman–Crippen LogP) is 3.35. The Morgan fingerprint density at radius 1 is 1.08 bits per heavy atom. The number of rotatable bonds is 6. The van der Waals surface area contributed by atoms with Crippen LogP contribution in [0, 0.1) is 10.1 Å². The quantitative estimate of drug-likeness (QED) is 0.648. The van der Waals surface area contributed by atoms with E-state index in [1.165, 1.54) is 26.4 Å². The molecule has 0 aliphatic carbocycles. The Kier molecular flexibility index (Phi) is 5.36. The lowest BCUT2D eigenvalue weighted by molar-refractivity contribution is -0.384. The lowest BCUT2D eigenvalue weighted by Crippen LogP contribution is -2.18. The minimum atomic E-state index is -0.475. The van der Waals surface area contributed by atoms with E-state index in [4.69, 9.17) is 9.47 Å². The first-order valence-electron chi connectivity index (χ1n) is 7.23. The largest absolute Gasteiger partial charge is 0.497 e. The van der Waals surface area contributed by atoms with Gasteiger partial charge in [0.2, 0.25) is 5.91 Å². The van der Waals surface area contributed by atoms with Crippen molar-refractivity contribution < 1.29 is 19.2 Å². The Hall–Kier alpha value is -3.09. The molecular formula is C17H18N2O5. The van der Waals surface area contributed by atoms with E-state index in [1.54, 1.807) is 37.3 Å². The molecule has 24 heavy (non-hydrogen) atoms. The number of methoxy groups -OCH3 is 2. The fourth-order valence-corrected chi connectivity index (χ4v) is 2.17. The van der Waals surface area contributed by atoms with Gasteiger partial charge in [0.25, 0.3) is 5.69 Å². The third kappa shape index (κ3) is 4.01. The number of nitro groups is 1. The van der Waals surface area contributed by atoms with Crippen LogP contribution in [0.25, 0.3) is 0 Å². The number of hydrogen-bond acceptors (Lipinski definition) is 5. The summed E-state index contributed by atoms with van der Waals surface area (Å²) in [5.41, 5.74) is 1.22. The Bertz CT molecular complexity index is 721. The predicted molar refractivity (Wildman–Crippen MR) is 89.7 cm³/mol. The molecule has 0 spiro atoms. The van der Waals surface area contributed by atoms with Gasteiger partial charge in [0.1, 0.15) is 11.5 Å². The highest BCUT2D eigenvalue weighted by Gasteiger charge is 2.17. The van der Waals surface area contributed by atoms with Crippen LogP contribution in [0.2, 0.25) is 0 Å². The fraction of sp³-hybridized carbons (Fsp3) is 0.235. The molecule has 1 atom stereocenters. The lowest BCUT2D eigenvalue weighted by atomic mass is 10.00. The van der Waals surface area contributed by atoms with Crippen molar-refractivity contribution in [3.63, 3.8) is 0 Å². The molecule has 0 fully saturated rings. The Morgan fingerprint density at radius 2 is 1.62 bits per heavy atom. The number of benzene rings is 2. The minimum absolute atomic E-state index is 0.0103. The van der Waals surface area contributed by atoms with E-state index in [1.807, 2.05) is 0 Å². The van der Waals surface area contributed by atoms with Crippen LogP contribution in [-0.2, 0) is 4.79 Å². The van der Waals surface area contributed by atoms with Crippen LogP contribution in [0.5, 0.6) is 11.5 Å². The Morgan fingerprint density at radius 3 is 2.08 bits per heavy atom. The van der Waals surface area contributed by atoms with Gasteiger partial charge in [0, 0.05) is 36.0 Å². The number of anilines is 1. The molecule has 0 aliphatic rings. The van der Waals surface area contributed by atoms with Crippen LogP contribution >= 0.6 is 0 Å². The zero-order valence-corrected chi connectivity index (χ0v) is 13.6. The van der Waals surface area contributed by atoms with Gasteiger partial charge in [0.05, 0.1) is 25.1 Å². The molecule has 0 unspecified atom stereocenters. The first-order chi connectivity index (χ1) is 11.4. The number of carbonyl (C=O) groups excluding carboxylic acids is 1. The molecule has 7 nitrogen and oxygen atoms in total. The summed E-state index contributed by atoms with van der Waals surface area (Å²) in [6.07, 6.45) is 0. The number of ether oxygens (including phenoxy) is 2. The zero-order valence-electron chi connectivity index (χ0n) is 13.6. The summed E-state index contributed by atoms with van der Waals surface area (Å²) in [4.78, 5) is 22.6. The zero-order chi connectivity index (χ0) is 17.7. The number of non-ortho nitro benzene ring substituents is 1. The molecule has 2 aromatic carbocycles. The number of nitro benzene ring substituents is 1. The summed E-state index contributed by atoms with van der Waals surface area (Å²) in [6, 6.07) is 11.0. The van der Waals surface area contributed by atoms with Crippen molar-refractivity contribution in [1.29, 1.82) is 0 Å². The van der Waals surface area contributed by atoms with Crippen LogP contribution in [0.3, 0.4) is 0 Å². The molecule has 7 heteroatoms. The monoisotopic (exact) mass is 330 g/mol. The molecule has 1 N–H and O–H groups in total. The molecule has 0 saturated heterocycles. The van der Waals surface area contributed by atoms with E-state index >= 15 is 0 Å². The molecular weight excluding hydrogens is 312 g/mol. The molecule has 126 valence electrons. The van der Waals surface area contributed by atoms with Gasteiger partial charge in [-0.15, -0.1) is 0 Å². The van der Waals surface area contributed by atoms with Crippen molar-refractivity contribution >= 4 is 17.3 Å². The van der Waals surface area contributed by atoms with Gasteiger partial charge in [-0.2, -0.15) is 0 Å². The highest BCUT2D eigenvalue weighted by Crippen LogP contribution is 2.27. The van der Waals surface area contributed by atoms with Crippen LogP contribution in [-0.4, -0.2) is 25.1 Å². The molecule has 1 amide bonds. The third-order valence-electron chi connectivity index (χ3n) is 3.62. The molecule has 0 aromatic heterocycles. The first kappa shape index (κ1) is 17.3. The van der Waals surface area contributed by atoms with Gasteiger partial charge < -0.3 is 14.8 Å². The molecule has 2 rings (SSSR count). The highest BCUT2D eigenvalue weighted by molar-refractivity contribution is 5.96. The van der Waals surface area contributed by atoms with E-state index in [0.717, 1.165) is 0 Å². The van der Waals surface area contributed by atoms with Gasteiger partial charge in [-0.05, 0) is 12.5 Å². The van der Waals surface area contributed by atoms with Gasteiger partial charge in [-0.1, -0.05) is 12.1 Å². The molecule has 0 saturated carbocycles. The van der Waals surface area contributed by atoms with E-state index < -0.39 is 10.8 Å². The second kappa shape index (κ2) is 7.45. The number of carbonyl (C=O) groups is 1. The normalized spacial score (nSPS) is 11.5. The standard InChI is InChI=1S/C17H18N2O5/c1-11(12-4-6-14(7-5-12)19(21)22)17(20)18-13-8-15(23-2)10-16(9-13)24-3/h4-11H,1-3H3,(H,18,20)/t11-/m0/s1. The summed E-state index contributed by atoms with van der Waals surface area (Å²) in [6.45, 7) is 1.73. The van der Waals surface area contributed by atoms with Crippen molar-refractivity contribution in [2.24, 2.45) is 0 Å². The van der Waals surface area contributed by atoms with Gasteiger partial charge >= 0.3 is 0 Å². The minimum Gasteiger partial charge on any atom is -0.497 e. The summed E-state index contributed by atoms with van der Waals surface area (Å²) >= 11 is 0. The topological polar surface area (TPSA) is 90.7 Å². The maximum absolute atomic E-state index is 12.4. The van der Waals surface area contributed by atoms with Crippen molar-refractivity contribution in [2.75, 3.05) is 19.5 Å². The highest BCUT2D eigenvalue weighted by atomic mass is 16.6. The average Bonchev–Trinajstić information content (AvgIpc) is 2.60. The van der Waals surface area contributed by atoms with E-state index in [9.17, 15) is 14.9 Å². The second-order valence-electron chi connectivity index (χ2n) is 5.16. The first-order valence-corrected chi connectivity index (χ1v) is 7.23. The molecule has 0 aliphatic heterocycles. The molecule has 2 aromatic rings. The smallest absolute Gasteiger partial charge is 0.269 e. The number of amides is 1. The summed E-state index contributed by atoms with van der Waals surface area (Å²) in [5, 5.41) is 13.5.